The van der Waals surface area contributed by atoms with E-state index in [1.165, 1.54) is 74.8 Å². The topological polar surface area (TPSA) is 50.2 Å². The van der Waals surface area contributed by atoms with Crippen LogP contribution in [0.15, 0.2) is 84.8 Å². The van der Waals surface area contributed by atoms with Crippen LogP contribution in [-0.4, -0.2) is 15.9 Å². The number of pyridine rings is 1. The fourth-order valence-electron chi connectivity index (χ4n) is 6.73. The summed E-state index contributed by atoms with van der Waals surface area (Å²) < 4.78 is 0. The molecule has 4 heteroatoms. The molecule has 2 aliphatic carbocycles. The van der Waals surface area contributed by atoms with Gasteiger partial charge in [0, 0.05) is 43.2 Å². The molecule has 3 nitrogen and oxygen atoms in total. The Kier molecular flexibility index (Phi) is 6.85. The SMILES string of the molecule is CC(=O)/C=C(/C)O.CC1(C)c2cccc3c2-c2c1cc1c(ccc4c(-c5[c-]cccc5)nccc41)c2C3(C)C.[Ir]. The number of rotatable bonds is 2. The Hall–Kier alpha value is -3.59. The molecule has 1 heterocycles. The number of aliphatic hydroxyl groups is 1. The third-order valence-corrected chi connectivity index (χ3v) is 8.40. The summed E-state index contributed by atoms with van der Waals surface area (Å²) in [7, 11) is 0. The summed E-state index contributed by atoms with van der Waals surface area (Å²) in [6.45, 7) is 12.4. The second-order valence-corrected chi connectivity index (χ2v) is 11.7. The molecule has 2 aliphatic rings. The van der Waals surface area contributed by atoms with Gasteiger partial charge in [0.25, 0.3) is 0 Å². The minimum atomic E-state index is -0.125. The van der Waals surface area contributed by atoms with Gasteiger partial charge in [0.05, 0.1) is 5.76 Å². The summed E-state index contributed by atoms with van der Waals surface area (Å²) in [5.41, 5.74) is 10.9. The Morgan fingerprint density at radius 2 is 1.50 bits per heavy atom. The number of hydrogen-bond donors (Lipinski definition) is 1. The Bertz CT molecular complexity index is 1840. The van der Waals surface area contributed by atoms with Gasteiger partial charge in [-0.25, -0.2) is 0 Å². The predicted molar refractivity (Wildman–Crippen MR) is 160 cm³/mol. The van der Waals surface area contributed by atoms with Crippen LogP contribution in [0.1, 0.15) is 63.8 Å². The van der Waals surface area contributed by atoms with Crippen molar-refractivity contribution in [3.8, 4) is 22.4 Å². The maximum absolute atomic E-state index is 10.0. The van der Waals surface area contributed by atoms with Gasteiger partial charge in [-0.3, -0.25) is 4.79 Å². The number of aromatic nitrogens is 1. The van der Waals surface area contributed by atoms with Crippen molar-refractivity contribution in [1.82, 2.24) is 4.98 Å². The molecule has 1 aromatic heterocycles. The summed E-state index contributed by atoms with van der Waals surface area (Å²) in [5.74, 6) is -0.0625. The molecule has 0 fully saturated rings. The van der Waals surface area contributed by atoms with Gasteiger partial charge in [0.15, 0.2) is 5.78 Å². The van der Waals surface area contributed by atoms with E-state index in [1.54, 1.807) is 0 Å². The summed E-state index contributed by atoms with van der Waals surface area (Å²) in [4.78, 5) is 14.8. The first-order valence-corrected chi connectivity index (χ1v) is 13.4. The number of benzene rings is 4. The van der Waals surface area contributed by atoms with E-state index in [4.69, 9.17) is 10.1 Å². The monoisotopic (exact) mass is 703 g/mol. The fraction of sp³-hybridized carbons (Fsp3) is 0.222. The van der Waals surface area contributed by atoms with Gasteiger partial charge in [0.2, 0.25) is 0 Å². The number of allylic oxidation sites excluding steroid dienone is 2. The molecule has 0 unspecified atom stereocenters. The van der Waals surface area contributed by atoms with Crippen molar-refractivity contribution in [2.45, 2.75) is 52.4 Å². The van der Waals surface area contributed by atoms with E-state index in [1.807, 2.05) is 18.3 Å². The number of carbonyl (C=O) groups is 1. The van der Waals surface area contributed by atoms with Gasteiger partial charge in [-0.2, -0.15) is 0 Å². The van der Waals surface area contributed by atoms with Crippen LogP contribution >= 0.6 is 0 Å². The standard InChI is InChI=1S/C31H24N.C5H8O2.Ir/c1-30(2)23-11-8-12-24-26(23)27-25(30)17-22-19-15-16-32-29(18-9-6-5-7-10-18)21(19)14-13-20(22)28(27)31(24,3)4;1-4(6)3-5(2)7;/h5-9,11-17H,1-4H3;3,6H,1-2H3;/q-1;;/b;4-3-;. The first kappa shape index (κ1) is 28.0. The van der Waals surface area contributed by atoms with Gasteiger partial charge in [-0.1, -0.05) is 58.0 Å². The molecule has 0 spiro atoms. The van der Waals surface area contributed by atoms with E-state index < -0.39 is 0 Å². The first-order valence-electron chi connectivity index (χ1n) is 13.4. The van der Waals surface area contributed by atoms with E-state index in [-0.39, 0.29) is 42.5 Å². The minimum Gasteiger partial charge on any atom is -0.512 e. The van der Waals surface area contributed by atoms with Crippen LogP contribution in [0.5, 0.6) is 0 Å². The second kappa shape index (κ2) is 9.80. The molecule has 0 bridgehead atoms. The van der Waals surface area contributed by atoms with E-state index in [0.29, 0.717) is 0 Å². The van der Waals surface area contributed by atoms with Gasteiger partial charge < -0.3 is 10.1 Å². The molecule has 203 valence electrons. The number of aliphatic hydroxyl groups excluding tert-OH is 1. The molecule has 0 aliphatic heterocycles. The van der Waals surface area contributed by atoms with Crippen LogP contribution in [0.3, 0.4) is 0 Å². The fourth-order valence-corrected chi connectivity index (χ4v) is 6.73. The molecule has 1 radical (unpaired) electrons. The van der Waals surface area contributed by atoms with E-state index in [0.717, 1.165) is 11.3 Å². The molecule has 0 saturated carbocycles. The van der Waals surface area contributed by atoms with Gasteiger partial charge in [-0.15, -0.1) is 35.9 Å². The molecule has 40 heavy (non-hydrogen) atoms. The molecular weight excluding hydrogens is 671 g/mol. The van der Waals surface area contributed by atoms with Crippen LogP contribution in [0.25, 0.3) is 43.9 Å². The maximum atomic E-state index is 10.0. The zero-order valence-electron chi connectivity index (χ0n) is 23.6. The van der Waals surface area contributed by atoms with Crippen molar-refractivity contribution in [2.75, 3.05) is 0 Å². The molecule has 0 atom stereocenters. The zero-order chi connectivity index (χ0) is 27.7. The average Bonchev–Trinajstić information content (AvgIpc) is 3.28. The van der Waals surface area contributed by atoms with Gasteiger partial charge >= 0.3 is 0 Å². The van der Waals surface area contributed by atoms with E-state index in [2.05, 4.69) is 88.4 Å². The van der Waals surface area contributed by atoms with Crippen LogP contribution in [0.4, 0.5) is 0 Å². The van der Waals surface area contributed by atoms with Crippen molar-refractivity contribution in [3.63, 3.8) is 0 Å². The van der Waals surface area contributed by atoms with Crippen molar-refractivity contribution in [3.05, 3.63) is 113 Å². The van der Waals surface area contributed by atoms with Crippen molar-refractivity contribution in [2.24, 2.45) is 0 Å². The molecule has 5 aromatic rings. The summed E-state index contributed by atoms with van der Waals surface area (Å²) in [6, 6.07) is 27.7. The number of hydrogen-bond acceptors (Lipinski definition) is 3. The number of fused-ring (bicyclic) bond motifs is 4. The molecule has 7 rings (SSSR count). The predicted octanol–water partition coefficient (Wildman–Crippen LogP) is 8.84. The summed E-state index contributed by atoms with van der Waals surface area (Å²) in [5, 5.41) is 13.5. The van der Waals surface area contributed by atoms with E-state index in [9.17, 15) is 4.79 Å². The number of ketones is 1. The third kappa shape index (κ3) is 4.05. The van der Waals surface area contributed by atoms with Crippen LogP contribution in [-0.2, 0) is 35.7 Å². The van der Waals surface area contributed by atoms with Crippen LogP contribution < -0.4 is 0 Å². The van der Waals surface area contributed by atoms with Crippen molar-refractivity contribution in [1.29, 1.82) is 0 Å². The quantitative estimate of drug-likeness (QED) is 0.0866. The smallest absolute Gasteiger partial charge is 0.155 e. The second-order valence-electron chi connectivity index (χ2n) is 11.7. The van der Waals surface area contributed by atoms with Crippen molar-refractivity contribution >= 4 is 27.3 Å². The third-order valence-electron chi connectivity index (χ3n) is 8.40. The Morgan fingerprint density at radius 3 is 2.12 bits per heavy atom. The molecule has 0 saturated heterocycles. The molecule has 1 N–H and O–H groups in total. The molecule has 4 aromatic carbocycles. The van der Waals surface area contributed by atoms with Crippen LogP contribution in [0.2, 0.25) is 0 Å². The Labute approximate surface area is 249 Å². The van der Waals surface area contributed by atoms with E-state index >= 15 is 0 Å². The molecule has 0 amide bonds. The maximum Gasteiger partial charge on any atom is 0.155 e. The number of carbonyl (C=O) groups excluding carboxylic acids is 1. The average molecular weight is 703 g/mol. The Morgan fingerprint density at radius 1 is 0.800 bits per heavy atom. The van der Waals surface area contributed by atoms with Gasteiger partial charge in [0.1, 0.15) is 0 Å². The Balaban J connectivity index is 0.000000362. The number of nitrogens with zero attached hydrogens (tertiary/aromatic N) is 1. The van der Waals surface area contributed by atoms with Crippen molar-refractivity contribution < 1.29 is 30.0 Å². The normalized spacial score (nSPS) is 15.3. The zero-order valence-corrected chi connectivity index (χ0v) is 26.0. The van der Waals surface area contributed by atoms with Gasteiger partial charge in [-0.05, 0) is 86.6 Å². The summed E-state index contributed by atoms with van der Waals surface area (Å²) in [6.07, 6.45) is 3.12. The van der Waals surface area contributed by atoms with Crippen LogP contribution in [0, 0.1) is 6.07 Å². The first-order chi connectivity index (χ1) is 18.5. The molecular formula is C36H32IrNO2-. The summed E-state index contributed by atoms with van der Waals surface area (Å²) >= 11 is 0. The largest absolute Gasteiger partial charge is 0.512 e. The minimum absolute atomic E-state index is 0.